The number of fused-ring (bicyclic) bond motifs is 3. The van der Waals surface area contributed by atoms with E-state index < -0.39 is 0 Å². The van der Waals surface area contributed by atoms with Crippen molar-refractivity contribution in [2.75, 3.05) is 39.4 Å². The lowest BCUT2D eigenvalue weighted by Gasteiger charge is -2.26. The van der Waals surface area contributed by atoms with Crippen LogP contribution in [-0.2, 0) is 4.74 Å². The minimum atomic E-state index is -0.0310. The van der Waals surface area contributed by atoms with E-state index in [0.717, 1.165) is 59.3 Å². The van der Waals surface area contributed by atoms with Crippen LogP contribution in [-0.4, -0.2) is 59.6 Å². The van der Waals surface area contributed by atoms with Gasteiger partial charge < -0.3 is 10.1 Å². The molecule has 1 saturated heterocycles. The van der Waals surface area contributed by atoms with E-state index in [-0.39, 0.29) is 5.91 Å². The summed E-state index contributed by atoms with van der Waals surface area (Å²) in [5.74, 6) is -0.0310. The molecule has 1 N–H and O–H groups in total. The third-order valence-electron chi connectivity index (χ3n) is 5.52. The van der Waals surface area contributed by atoms with Gasteiger partial charge in [0.05, 0.1) is 29.1 Å². The quantitative estimate of drug-likeness (QED) is 0.536. The minimum absolute atomic E-state index is 0.0310. The first-order valence-electron chi connectivity index (χ1n) is 10.2. The first kappa shape index (κ1) is 19.2. The van der Waals surface area contributed by atoms with Crippen LogP contribution in [0.3, 0.4) is 0 Å². The Morgan fingerprint density at radius 2 is 1.97 bits per heavy atom. The number of amides is 1. The van der Waals surface area contributed by atoms with Crippen molar-refractivity contribution in [3.8, 4) is 11.3 Å². The Balaban J connectivity index is 1.31. The van der Waals surface area contributed by atoms with Gasteiger partial charge in [-0.05, 0) is 25.1 Å². The SMILES string of the molecule is Cc1ccc(-c2cn3c(n2)sc2cc(C(=O)NCCN4CCOCC4)ccc23)cc1. The molecule has 1 aliphatic rings. The zero-order valence-electron chi connectivity index (χ0n) is 16.9. The average molecular weight is 421 g/mol. The number of aryl methyl sites for hydroxylation is 1. The highest BCUT2D eigenvalue weighted by atomic mass is 32.1. The number of nitrogens with zero attached hydrogens (tertiary/aromatic N) is 3. The van der Waals surface area contributed by atoms with E-state index in [9.17, 15) is 4.79 Å². The number of ether oxygens (including phenoxy) is 1. The molecule has 3 heterocycles. The van der Waals surface area contributed by atoms with E-state index >= 15 is 0 Å². The van der Waals surface area contributed by atoms with Gasteiger partial charge in [0.25, 0.3) is 5.91 Å². The van der Waals surface area contributed by atoms with Crippen molar-refractivity contribution in [3.05, 3.63) is 59.8 Å². The normalized spacial score (nSPS) is 15.1. The number of nitrogens with one attached hydrogen (secondary N) is 1. The molecular weight excluding hydrogens is 396 g/mol. The van der Waals surface area contributed by atoms with Crippen LogP contribution in [0.2, 0.25) is 0 Å². The lowest BCUT2D eigenvalue weighted by Crippen LogP contribution is -2.41. The van der Waals surface area contributed by atoms with Gasteiger partial charge in [0.1, 0.15) is 0 Å². The van der Waals surface area contributed by atoms with Crippen molar-refractivity contribution in [1.82, 2.24) is 19.6 Å². The summed E-state index contributed by atoms with van der Waals surface area (Å²) in [6.45, 7) is 6.99. The van der Waals surface area contributed by atoms with Crippen LogP contribution in [0.15, 0.2) is 48.7 Å². The van der Waals surface area contributed by atoms with Crippen molar-refractivity contribution in [3.63, 3.8) is 0 Å². The second-order valence-corrected chi connectivity index (χ2v) is 8.65. The van der Waals surface area contributed by atoms with E-state index in [1.807, 2.05) is 18.2 Å². The standard InChI is InChI=1S/C23H24N4O2S/c1-16-2-4-17(5-3-16)19-15-27-20-7-6-18(14-21(20)30-23(27)25-19)22(28)24-8-9-26-10-12-29-13-11-26/h2-7,14-15H,8-13H2,1H3,(H,24,28). The summed E-state index contributed by atoms with van der Waals surface area (Å²) in [6.07, 6.45) is 2.07. The van der Waals surface area contributed by atoms with Crippen LogP contribution in [0.25, 0.3) is 26.4 Å². The Labute approximate surface area is 179 Å². The maximum atomic E-state index is 12.6. The van der Waals surface area contributed by atoms with E-state index in [0.29, 0.717) is 12.1 Å². The third kappa shape index (κ3) is 3.84. The van der Waals surface area contributed by atoms with Crippen LogP contribution in [0.4, 0.5) is 0 Å². The van der Waals surface area contributed by atoms with Crippen LogP contribution < -0.4 is 5.32 Å². The molecule has 7 heteroatoms. The summed E-state index contributed by atoms with van der Waals surface area (Å²) in [5.41, 5.74) is 5.08. The third-order valence-corrected chi connectivity index (χ3v) is 6.54. The van der Waals surface area contributed by atoms with Crippen molar-refractivity contribution >= 4 is 32.4 Å². The number of morpholine rings is 1. The van der Waals surface area contributed by atoms with Crippen LogP contribution in [0.1, 0.15) is 15.9 Å². The molecule has 1 aliphatic heterocycles. The predicted molar refractivity (Wildman–Crippen MR) is 120 cm³/mol. The highest BCUT2D eigenvalue weighted by Gasteiger charge is 2.14. The molecule has 0 aliphatic carbocycles. The van der Waals surface area contributed by atoms with Gasteiger partial charge in [-0.25, -0.2) is 4.98 Å². The van der Waals surface area contributed by atoms with Gasteiger partial charge >= 0.3 is 0 Å². The number of benzene rings is 2. The first-order valence-corrected chi connectivity index (χ1v) is 11.1. The van der Waals surface area contributed by atoms with Crippen LogP contribution in [0, 0.1) is 6.92 Å². The highest BCUT2D eigenvalue weighted by molar-refractivity contribution is 7.23. The van der Waals surface area contributed by atoms with Crippen molar-refractivity contribution in [2.45, 2.75) is 6.92 Å². The highest BCUT2D eigenvalue weighted by Crippen LogP contribution is 2.30. The van der Waals surface area contributed by atoms with Crippen molar-refractivity contribution < 1.29 is 9.53 Å². The van der Waals surface area contributed by atoms with Gasteiger partial charge in [0, 0.05) is 43.5 Å². The van der Waals surface area contributed by atoms with Crippen molar-refractivity contribution in [1.29, 1.82) is 0 Å². The molecule has 5 rings (SSSR count). The number of aromatic nitrogens is 2. The van der Waals surface area contributed by atoms with Gasteiger partial charge in [0.2, 0.25) is 0 Å². The number of thiazole rings is 1. The molecule has 0 saturated carbocycles. The molecule has 154 valence electrons. The number of carbonyl (C=O) groups excluding carboxylic acids is 1. The summed E-state index contributed by atoms with van der Waals surface area (Å²) in [4.78, 5) is 20.6. The number of hydrogen-bond acceptors (Lipinski definition) is 5. The van der Waals surface area contributed by atoms with E-state index in [1.165, 1.54) is 5.56 Å². The Bertz CT molecular complexity index is 1190. The molecular formula is C23H24N4O2S. The molecule has 0 bridgehead atoms. The minimum Gasteiger partial charge on any atom is -0.379 e. The lowest BCUT2D eigenvalue weighted by molar-refractivity contribution is 0.0383. The average Bonchev–Trinajstić information content (AvgIpc) is 3.32. The molecule has 6 nitrogen and oxygen atoms in total. The monoisotopic (exact) mass is 420 g/mol. The topological polar surface area (TPSA) is 58.9 Å². The fourth-order valence-electron chi connectivity index (χ4n) is 3.76. The zero-order valence-corrected chi connectivity index (χ0v) is 17.7. The molecule has 2 aromatic heterocycles. The Hall–Kier alpha value is -2.74. The zero-order chi connectivity index (χ0) is 20.5. The lowest BCUT2D eigenvalue weighted by atomic mass is 10.1. The Morgan fingerprint density at radius 1 is 1.17 bits per heavy atom. The second kappa shape index (κ2) is 8.18. The molecule has 0 unspecified atom stereocenters. The summed E-state index contributed by atoms with van der Waals surface area (Å²) in [6, 6.07) is 14.3. The second-order valence-electron chi connectivity index (χ2n) is 7.64. The summed E-state index contributed by atoms with van der Waals surface area (Å²) < 4.78 is 8.53. The van der Waals surface area contributed by atoms with Gasteiger partial charge in [-0.2, -0.15) is 0 Å². The molecule has 4 aromatic rings. The number of rotatable bonds is 5. The largest absolute Gasteiger partial charge is 0.379 e. The smallest absolute Gasteiger partial charge is 0.251 e. The molecule has 0 atom stereocenters. The van der Waals surface area contributed by atoms with Gasteiger partial charge in [0.15, 0.2) is 4.96 Å². The van der Waals surface area contributed by atoms with E-state index in [2.05, 4.69) is 52.0 Å². The van der Waals surface area contributed by atoms with Crippen molar-refractivity contribution in [2.24, 2.45) is 0 Å². The van der Waals surface area contributed by atoms with Gasteiger partial charge in [-0.3, -0.25) is 14.1 Å². The predicted octanol–water partition coefficient (Wildman–Crippen LogP) is 3.59. The fourth-order valence-corrected chi connectivity index (χ4v) is 4.81. The molecule has 0 radical (unpaired) electrons. The Kier molecular flexibility index (Phi) is 5.25. The number of carbonyl (C=O) groups is 1. The summed E-state index contributed by atoms with van der Waals surface area (Å²) in [5, 5.41) is 3.03. The summed E-state index contributed by atoms with van der Waals surface area (Å²) >= 11 is 1.61. The molecule has 0 spiro atoms. The molecule has 30 heavy (non-hydrogen) atoms. The van der Waals surface area contributed by atoms with Gasteiger partial charge in [-0.15, -0.1) is 0 Å². The Morgan fingerprint density at radius 3 is 2.77 bits per heavy atom. The van der Waals surface area contributed by atoms with E-state index in [1.54, 1.807) is 11.3 Å². The molecule has 1 amide bonds. The van der Waals surface area contributed by atoms with E-state index in [4.69, 9.17) is 9.72 Å². The fraction of sp³-hybridized carbons (Fsp3) is 0.304. The molecule has 2 aromatic carbocycles. The van der Waals surface area contributed by atoms with Gasteiger partial charge in [-0.1, -0.05) is 41.2 Å². The molecule has 1 fully saturated rings. The van der Waals surface area contributed by atoms with Crippen LogP contribution >= 0.6 is 11.3 Å². The number of imidazole rings is 1. The maximum absolute atomic E-state index is 12.6. The van der Waals surface area contributed by atoms with Crippen LogP contribution in [0.5, 0.6) is 0 Å². The number of hydrogen-bond donors (Lipinski definition) is 1. The maximum Gasteiger partial charge on any atom is 0.251 e. The summed E-state index contributed by atoms with van der Waals surface area (Å²) in [7, 11) is 0. The first-order chi connectivity index (χ1) is 14.7.